The van der Waals surface area contributed by atoms with Crippen molar-refractivity contribution in [2.24, 2.45) is 0 Å². The van der Waals surface area contributed by atoms with Crippen LogP contribution >= 0.6 is 23.4 Å². The lowest BCUT2D eigenvalue weighted by Gasteiger charge is -2.08. The third kappa shape index (κ3) is 3.72. The summed E-state index contributed by atoms with van der Waals surface area (Å²) in [5.74, 6) is 2.43. The highest BCUT2D eigenvalue weighted by Crippen LogP contribution is 2.30. The van der Waals surface area contributed by atoms with E-state index in [0.717, 1.165) is 22.8 Å². The molecule has 1 aromatic carbocycles. The molecular weight excluding hydrogens is 244 g/mol. The first-order chi connectivity index (χ1) is 7.69. The lowest BCUT2D eigenvalue weighted by molar-refractivity contribution is 0.101. The quantitative estimate of drug-likeness (QED) is 0.337. The number of methoxy groups -OCH3 is 1. The van der Waals surface area contributed by atoms with Crippen LogP contribution in [0.15, 0.2) is 23.1 Å². The Bertz CT molecular complexity index is 366. The van der Waals surface area contributed by atoms with Crippen molar-refractivity contribution in [3.05, 3.63) is 23.8 Å². The molecule has 0 amide bonds. The fourth-order valence-electron chi connectivity index (χ4n) is 1.24. The van der Waals surface area contributed by atoms with Gasteiger partial charge in [-0.2, -0.15) is 0 Å². The Labute approximate surface area is 105 Å². The van der Waals surface area contributed by atoms with Crippen molar-refractivity contribution in [3.8, 4) is 5.75 Å². The standard InChI is InChI=1S/C12H15ClO2S/c1-9(14)10-4-5-12(11(8-10)15-2)16-7-3-6-13/h4-5,8H,3,6-7H2,1-2H3. The minimum atomic E-state index is 0.0515. The number of carbonyl (C=O) groups is 1. The van der Waals surface area contributed by atoms with Gasteiger partial charge in [-0.25, -0.2) is 0 Å². The van der Waals surface area contributed by atoms with E-state index in [-0.39, 0.29) is 5.78 Å². The smallest absolute Gasteiger partial charge is 0.159 e. The SMILES string of the molecule is COc1cc(C(C)=O)ccc1SCCCCl. The van der Waals surface area contributed by atoms with Crippen LogP contribution in [0.3, 0.4) is 0 Å². The zero-order valence-corrected chi connectivity index (χ0v) is 11.0. The van der Waals surface area contributed by atoms with Gasteiger partial charge in [0.1, 0.15) is 5.75 Å². The number of carbonyl (C=O) groups excluding carboxylic acids is 1. The Balaban J connectivity index is 2.80. The maximum absolute atomic E-state index is 11.2. The molecule has 4 heteroatoms. The van der Waals surface area contributed by atoms with Crippen molar-refractivity contribution in [2.75, 3.05) is 18.7 Å². The Morgan fingerprint density at radius 2 is 2.25 bits per heavy atom. The number of hydrogen-bond acceptors (Lipinski definition) is 3. The van der Waals surface area contributed by atoms with Gasteiger partial charge in [-0.05, 0) is 31.2 Å². The van der Waals surface area contributed by atoms with Crippen molar-refractivity contribution in [1.82, 2.24) is 0 Å². The van der Waals surface area contributed by atoms with Gasteiger partial charge >= 0.3 is 0 Å². The zero-order valence-electron chi connectivity index (χ0n) is 9.46. The van der Waals surface area contributed by atoms with E-state index in [0.29, 0.717) is 11.4 Å². The van der Waals surface area contributed by atoms with Gasteiger partial charge in [-0.15, -0.1) is 23.4 Å². The Morgan fingerprint density at radius 1 is 1.50 bits per heavy atom. The summed E-state index contributed by atoms with van der Waals surface area (Å²) in [6.45, 7) is 1.55. The zero-order chi connectivity index (χ0) is 12.0. The highest BCUT2D eigenvalue weighted by molar-refractivity contribution is 7.99. The number of rotatable bonds is 6. The van der Waals surface area contributed by atoms with Crippen LogP contribution in [0.2, 0.25) is 0 Å². The normalized spacial score (nSPS) is 10.2. The minimum Gasteiger partial charge on any atom is -0.496 e. The molecule has 0 unspecified atom stereocenters. The molecule has 0 saturated carbocycles. The minimum absolute atomic E-state index is 0.0515. The summed E-state index contributed by atoms with van der Waals surface area (Å²) in [4.78, 5) is 12.3. The third-order valence-electron chi connectivity index (χ3n) is 2.11. The molecular formula is C12H15ClO2S. The molecule has 0 atom stereocenters. The first kappa shape index (κ1) is 13.4. The fourth-order valence-corrected chi connectivity index (χ4v) is 2.49. The third-order valence-corrected chi connectivity index (χ3v) is 3.51. The second-order valence-electron chi connectivity index (χ2n) is 3.31. The van der Waals surface area contributed by atoms with Gasteiger partial charge in [0.25, 0.3) is 0 Å². The van der Waals surface area contributed by atoms with Crippen LogP contribution in [0.1, 0.15) is 23.7 Å². The lowest BCUT2D eigenvalue weighted by Crippen LogP contribution is -1.95. The van der Waals surface area contributed by atoms with Gasteiger partial charge in [0.2, 0.25) is 0 Å². The number of Topliss-reactive ketones (excluding diaryl/α,β-unsaturated/α-hetero) is 1. The molecule has 0 aliphatic carbocycles. The molecule has 1 aromatic rings. The molecule has 88 valence electrons. The van der Waals surface area contributed by atoms with E-state index in [1.165, 1.54) is 0 Å². The molecule has 0 bridgehead atoms. The van der Waals surface area contributed by atoms with Gasteiger partial charge in [-0.3, -0.25) is 4.79 Å². The molecule has 0 spiro atoms. The molecule has 0 heterocycles. The number of thioether (sulfide) groups is 1. The van der Waals surface area contributed by atoms with Crippen LogP contribution in [-0.2, 0) is 0 Å². The number of hydrogen-bond donors (Lipinski definition) is 0. The molecule has 2 nitrogen and oxygen atoms in total. The van der Waals surface area contributed by atoms with Crippen molar-refractivity contribution >= 4 is 29.1 Å². The number of ether oxygens (including phenoxy) is 1. The maximum Gasteiger partial charge on any atom is 0.159 e. The van der Waals surface area contributed by atoms with Crippen LogP contribution in [0, 0.1) is 0 Å². The Kier molecular flexibility index (Phi) is 5.71. The largest absolute Gasteiger partial charge is 0.496 e. The van der Waals surface area contributed by atoms with Gasteiger partial charge in [0.15, 0.2) is 5.78 Å². The average Bonchev–Trinajstić information content (AvgIpc) is 2.29. The molecule has 0 aliphatic heterocycles. The summed E-state index contributed by atoms with van der Waals surface area (Å²) < 4.78 is 5.26. The molecule has 1 rings (SSSR count). The molecule has 16 heavy (non-hydrogen) atoms. The van der Waals surface area contributed by atoms with Crippen LogP contribution in [-0.4, -0.2) is 24.5 Å². The van der Waals surface area contributed by atoms with Crippen molar-refractivity contribution in [3.63, 3.8) is 0 Å². The Hall–Kier alpha value is -0.670. The van der Waals surface area contributed by atoms with Crippen molar-refractivity contribution < 1.29 is 9.53 Å². The molecule has 0 N–H and O–H groups in total. The molecule has 0 aliphatic rings. The molecule has 0 saturated heterocycles. The first-order valence-electron chi connectivity index (χ1n) is 5.06. The highest BCUT2D eigenvalue weighted by atomic mass is 35.5. The fraction of sp³-hybridized carbons (Fsp3) is 0.417. The van der Waals surface area contributed by atoms with Gasteiger partial charge in [-0.1, -0.05) is 6.07 Å². The van der Waals surface area contributed by atoms with Crippen LogP contribution < -0.4 is 4.74 Å². The predicted molar refractivity (Wildman–Crippen MR) is 69.1 cm³/mol. The summed E-state index contributed by atoms with van der Waals surface area (Å²) in [5.41, 5.74) is 0.679. The molecule has 0 radical (unpaired) electrons. The molecule has 0 fully saturated rings. The summed E-state index contributed by atoms with van der Waals surface area (Å²) >= 11 is 7.31. The second-order valence-corrected chi connectivity index (χ2v) is 4.83. The summed E-state index contributed by atoms with van der Waals surface area (Å²) in [6.07, 6.45) is 0.962. The van der Waals surface area contributed by atoms with Crippen molar-refractivity contribution in [2.45, 2.75) is 18.2 Å². The van der Waals surface area contributed by atoms with Gasteiger partial charge in [0.05, 0.1) is 7.11 Å². The van der Waals surface area contributed by atoms with Crippen LogP contribution in [0.25, 0.3) is 0 Å². The van der Waals surface area contributed by atoms with E-state index >= 15 is 0 Å². The topological polar surface area (TPSA) is 26.3 Å². The van der Waals surface area contributed by atoms with E-state index in [1.807, 2.05) is 12.1 Å². The number of halogens is 1. The van der Waals surface area contributed by atoms with E-state index in [9.17, 15) is 4.79 Å². The number of benzene rings is 1. The summed E-state index contributed by atoms with van der Waals surface area (Å²) in [5, 5.41) is 0. The van der Waals surface area contributed by atoms with E-state index in [1.54, 1.807) is 31.9 Å². The van der Waals surface area contributed by atoms with E-state index in [4.69, 9.17) is 16.3 Å². The second kappa shape index (κ2) is 6.81. The highest BCUT2D eigenvalue weighted by Gasteiger charge is 2.07. The van der Waals surface area contributed by atoms with Crippen LogP contribution in [0.4, 0.5) is 0 Å². The van der Waals surface area contributed by atoms with Crippen LogP contribution in [0.5, 0.6) is 5.75 Å². The first-order valence-corrected chi connectivity index (χ1v) is 6.58. The number of ketones is 1. The lowest BCUT2D eigenvalue weighted by atomic mass is 10.1. The van der Waals surface area contributed by atoms with Crippen molar-refractivity contribution in [1.29, 1.82) is 0 Å². The number of alkyl halides is 1. The average molecular weight is 259 g/mol. The monoisotopic (exact) mass is 258 g/mol. The van der Waals surface area contributed by atoms with E-state index < -0.39 is 0 Å². The maximum atomic E-state index is 11.2. The summed E-state index contributed by atoms with van der Waals surface area (Å²) in [6, 6.07) is 5.54. The molecule has 0 aromatic heterocycles. The van der Waals surface area contributed by atoms with Gasteiger partial charge < -0.3 is 4.74 Å². The predicted octanol–water partition coefficient (Wildman–Crippen LogP) is 3.62. The Morgan fingerprint density at radius 3 is 2.81 bits per heavy atom. The summed E-state index contributed by atoms with van der Waals surface area (Å²) in [7, 11) is 1.62. The van der Waals surface area contributed by atoms with Gasteiger partial charge in [0, 0.05) is 16.3 Å². The van der Waals surface area contributed by atoms with E-state index in [2.05, 4.69) is 0 Å².